The van der Waals surface area contributed by atoms with Crippen LogP contribution in [-0.2, 0) is 17.8 Å². The van der Waals surface area contributed by atoms with Gasteiger partial charge in [0.25, 0.3) is 5.91 Å². The fourth-order valence-electron chi connectivity index (χ4n) is 2.69. The smallest absolute Gasteiger partial charge is 0.271 e. The van der Waals surface area contributed by atoms with Gasteiger partial charge in [0.15, 0.2) is 0 Å². The normalized spacial score (nSPS) is 17.0. The maximum absolute atomic E-state index is 11.8. The molecule has 6 nitrogen and oxygen atoms in total. The molecule has 1 atom stereocenters. The van der Waals surface area contributed by atoms with Gasteiger partial charge in [-0.1, -0.05) is 24.3 Å². The third-order valence-corrected chi connectivity index (χ3v) is 3.84. The number of rotatable bonds is 6. The van der Waals surface area contributed by atoms with E-state index in [0.29, 0.717) is 6.54 Å². The van der Waals surface area contributed by atoms with E-state index in [4.69, 9.17) is 5.73 Å². The van der Waals surface area contributed by atoms with Crippen molar-refractivity contribution in [3.8, 4) is 0 Å². The van der Waals surface area contributed by atoms with Crippen LogP contribution >= 0.6 is 0 Å². The van der Waals surface area contributed by atoms with Gasteiger partial charge in [0.05, 0.1) is 6.10 Å². The van der Waals surface area contributed by atoms with Crippen LogP contribution in [0.3, 0.4) is 0 Å². The Morgan fingerprint density at radius 3 is 2.91 bits per heavy atom. The van der Waals surface area contributed by atoms with Gasteiger partial charge < -0.3 is 16.2 Å². The largest absolute Gasteiger partial charge is 0.403 e. The van der Waals surface area contributed by atoms with Crippen molar-refractivity contribution in [2.24, 2.45) is 10.7 Å². The number of hydrogen-bond acceptors (Lipinski definition) is 5. The number of benzene rings is 1. The highest BCUT2D eigenvalue weighted by Gasteiger charge is 2.19. The van der Waals surface area contributed by atoms with E-state index >= 15 is 0 Å². The van der Waals surface area contributed by atoms with Crippen molar-refractivity contribution >= 4 is 12.1 Å². The van der Waals surface area contributed by atoms with Gasteiger partial charge in [-0.3, -0.25) is 14.7 Å². The molecule has 2 rings (SSSR count). The summed E-state index contributed by atoms with van der Waals surface area (Å²) in [5.74, 6) is -0.381. The number of β-amino-alcohol motifs (C(OH)–C–C–N with tert-alkyl or cyclic N) is 1. The van der Waals surface area contributed by atoms with Crippen LogP contribution in [0, 0.1) is 0 Å². The van der Waals surface area contributed by atoms with E-state index in [1.54, 1.807) is 6.92 Å². The van der Waals surface area contributed by atoms with Crippen LogP contribution in [-0.4, -0.2) is 47.9 Å². The summed E-state index contributed by atoms with van der Waals surface area (Å²) in [6.07, 6.45) is 3.01. The molecule has 0 aromatic heterocycles. The first kappa shape index (κ1) is 17.2. The van der Waals surface area contributed by atoms with Crippen molar-refractivity contribution in [2.45, 2.75) is 26.0 Å². The number of carbonyl (C=O) groups excluding carboxylic acids is 1. The third kappa shape index (κ3) is 4.91. The van der Waals surface area contributed by atoms with Gasteiger partial charge in [-0.05, 0) is 24.5 Å². The average molecular weight is 316 g/mol. The second kappa shape index (κ2) is 8.45. The number of aliphatic imine (C=N–C) groups is 1. The lowest BCUT2D eigenvalue weighted by Crippen LogP contribution is -2.42. The highest BCUT2D eigenvalue weighted by Crippen LogP contribution is 2.18. The van der Waals surface area contributed by atoms with E-state index in [1.807, 2.05) is 6.07 Å². The van der Waals surface area contributed by atoms with Gasteiger partial charge in [-0.25, -0.2) is 0 Å². The van der Waals surface area contributed by atoms with Crippen LogP contribution in [0.1, 0.15) is 18.1 Å². The Morgan fingerprint density at radius 1 is 1.48 bits per heavy atom. The second-order valence-electron chi connectivity index (χ2n) is 5.56. The highest BCUT2D eigenvalue weighted by molar-refractivity contribution is 5.94. The zero-order valence-electron chi connectivity index (χ0n) is 13.4. The molecule has 6 heteroatoms. The molecule has 0 aliphatic carbocycles. The average Bonchev–Trinajstić information content (AvgIpc) is 2.57. The van der Waals surface area contributed by atoms with E-state index in [1.165, 1.54) is 17.3 Å². The van der Waals surface area contributed by atoms with Gasteiger partial charge in [-0.2, -0.15) is 0 Å². The van der Waals surface area contributed by atoms with E-state index in [9.17, 15) is 9.90 Å². The summed E-state index contributed by atoms with van der Waals surface area (Å²) >= 11 is 0. The topological polar surface area (TPSA) is 90.9 Å². The lowest BCUT2D eigenvalue weighted by Gasteiger charge is -2.30. The van der Waals surface area contributed by atoms with E-state index in [-0.39, 0.29) is 18.1 Å². The molecular weight excluding hydrogens is 292 g/mol. The van der Waals surface area contributed by atoms with Gasteiger partial charge >= 0.3 is 0 Å². The first-order valence-corrected chi connectivity index (χ1v) is 7.80. The lowest BCUT2D eigenvalue weighted by molar-refractivity contribution is -0.118. The van der Waals surface area contributed by atoms with E-state index < -0.39 is 6.10 Å². The first-order valence-electron chi connectivity index (χ1n) is 7.80. The quantitative estimate of drug-likeness (QED) is 0.524. The number of aliphatic hydroxyl groups is 1. The summed E-state index contributed by atoms with van der Waals surface area (Å²) in [4.78, 5) is 17.9. The number of nitrogens with two attached hydrogens (primary N) is 1. The summed E-state index contributed by atoms with van der Waals surface area (Å²) < 4.78 is 0. The predicted molar refractivity (Wildman–Crippen MR) is 90.9 cm³/mol. The number of fused-ring (bicyclic) bond motifs is 1. The van der Waals surface area contributed by atoms with Crippen LogP contribution in [0.5, 0.6) is 0 Å². The molecule has 23 heavy (non-hydrogen) atoms. The zero-order chi connectivity index (χ0) is 16.7. The maximum atomic E-state index is 11.8. The summed E-state index contributed by atoms with van der Waals surface area (Å²) in [6, 6.07) is 8.36. The summed E-state index contributed by atoms with van der Waals surface area (Å²) in [6.45, 7) is 4.14. The standard InChI is InChI=1S/C17H24N4O2/c1-2-19-16(9-18)17(23)20-10-15(22)12-21-8-7-13-5-3-4-6-14(13)11-21/h2-6,9,15,22H,7-8,10-12,18H2,1H3,(H,20,23)/b16-9-,19-2?. The monoisotopic (exact) mass is 316 g/mol. The Kier molecular flexibility index (Phi) is 6.31. The molecule has 124 valence electrons. The Bertz CT molecular complexity index is 598. The number of hydrogen-bond donors (Lipinski definition) is 3. The minimum absolute atomic E-state index is 0.145. The van der Waals surface area contributed by atoms with Crippen molar-refractivity contribution < 1.29 is 9.90 Å². The number of amides is 1. The molecule has 1 amide bonds. The number of aliphatic hydroxyl groups excluding tert-OH is 1. The van der Waals surface area contributed by atoms with Crippen molar-refractivity contribution in [3.05, 3.63) is 47.3 Å². The van der Waals surface area contributed by atoms with Crippen molar-refractivity contribution in [1.82, 2.24) is 10.2 Å². The number of nitrogens with zero attached hydrogens (tertiary/aromatic N) is 2. The Morgan fingerprint density at radius 2 is 2.22 bits per heavy atom. The SMILES string of the molecule is CC=N/C(=C\N)C(=O)NCC(O)CN1CCc2ccccc2C1. The minimum Gasteiger partial charge on any atom is -0.403 e. The number of nitrogens with one attached hydrogen (secondary N) is 1. The summed E-state index contributed by atoms with van der Waals surface area (Å²) in [5.41, 5.74) is 8.18. The predicted octanol–water partition coefficient (Wildman–Crippen LogP) is 0.413. The molecule has 0 fully saturated rings. The van der Waals surface area contributed by atoms with E-state index in [0.717, 1.165) is 25.7 Å². The molecule has 4 N–H and O–H groups in total. The van der Waals surface area contributed by atoms with Crippen molar-refractivity contribution in [1.29, 1.82) is 0 Å². The van der Waals surface area contributed by atoms with Crippen molar-refractivity contribution in [2.75, 3.05) is 19.6 Å². The fraction of sp³-hybridized carbons (Fsp3) is 0.412. The van der Waals surface area contributed by atoms with Crippen LogP contribution < -0.4 is 11.1 Å². The van der Waals surface area contributed by atoms with Crippen molar-refractivity contribution in [3.63, 3.8) is 0 Å². The lowest BCUT2D eigenvalue weighted by atomic mass is 10.00. The molecule has 1 heterocycles. The molecule has 1 aromatic carbocycles. The molecule has 0 bridgehead atoms. The Labute approximate surface area is 136 Å². The van der Waals surface area contributed by atoms with Gasteiger partial charge in [-0.15, -0.1) is 0 Å². The van der Waals surface area contributed by atoms with Crippen LogP contribution in [0.2, 0.25) is 0 Å². The summed E-state index contributed by atoms with van der Waals surface area (Å²) in [5, 5.41) is 12.8. The third-order valence-electron chi connectivity index (χ3n) is 3.84. The highest BCUT2D eigenvalue weighted by atomic mass is 16.3. The molecule has 1 aromatic rings. The Balaban J connectivity index is 1.80. The molecule has 0 spiro atoms. The molecule has 1 aliphatic heterocycles. The van der Waals surface area contributed by atoms with E-state index in [2.05, 4.69) is 33.4 Å². The van der Waals surface area contributed by atoms with Gasteiger partial charge in [0.2, 0.25) is 0 Å². The summed E-state index contributed by atoms with van der Waals surface area (Å²) in [7, 11) is 0. The van der Waals surface area contributed by atoms with Crippen LogP contribution in [0.25, 0.3) is 0 Å². The Hall–Kier alpha value is -2.18. The number of carbonyl (C=O) groups is 1. The zero-order valence-corrected chi connectivity index (χ0v) is 13.4. The fourth-order valence-corrected chi connectivity index (χ4v) is 2.69. The molecule has 0 saturated heterocycles. The molecule has 0 saturated carbocycles. The van der Waals surface area contributed by atoms with Crippen LogP contribution in [0.15, 0.2) is 41.2 Å². The maximum Gasteiger partial charge on any atom is 0.271 e. The minimum atomic E-state index is -0.631. The molecule has 1 unspecified atom stereocenters. The molecular formula is C17H24N4O2. The van der Waals surface area contributed by atoms with Gasteiger partial charge in [0.1, 0.15) is 5.70 Å². The molecule has 0 radical (unpaired) electrons. The second-order valence-corrected chi connectivity index (χ2v) is 5.56. The van der Waals surface area contributed by atoms with Gasteiger partial charge in [0, 0.05) is 38.6 Å². The van der Waals surface area contributed by atoms with Crippen LogP contribution in [0.4, 0.5) is 0 Å². The molecule has 1 aliphatic rings. The first-order chi connectivity index (χ1) is 11.1.